The van der Waals surface area contributed by atoms with Gasteiger partial charge in [0.25, 0.3) is 0 Å². The molecule has 280 valence electrons. The van der Waals surface area contributed by atoms with E-state index in [-0.39, 0.29) is 16.6 Å². The van der Waals surface area contributed by atoms with Crippen molar-refractivity contribution < 1.29 is 14.2 Å². The molecule has 0 aliphatic heterocycles. The summed E-state index contributed by atoms with van der Waals surface area (Å²) in [5.41, 5.74) is 9.41. The molecule has 0 radical (unpaired) electrons. The van der Waals surface area contributed by atoms with Crippen molar-refractivity contribution in [3.05, 3.63) is 144 Å². The second-order valence-corrected chi connectivity index (χ2v) is 16.2. The van der Waals surface area contributed by atoms with Crippen molar-refractivity contribution >= 4 is 11.4 Å². The van der Waals surface area contributed by atoms with Crippen LogP contribution in [0.25, 0.3) is 0 Å². The predicted molar refractivity (Wildman–Crippen MR) is 225 cm³/mol. The summed E-state index contributed by atoms with van der Waals surface area (Å²) in [5, 5.41) is 0. The maximum Gasteiger partial charge on any atom is 0.161 e. The molecule has 0 bridgehead atoms. The molecule has 0 aliphatic rings. The Hall–Kier alpha value is -4.57. The third kappa shape index (κ3) is 15.4. The Balaban J connectivity index is 0.000000276. The molecule has 0 aromatic heterocycles. The molecule has 0 atom stereocenters. The van der Waals surface area contributed by atoms with Crippen molar-refractivity contribution in [2.45, 2.75) is 114 Å². The highest BCUT2D eigenvalue weighted by Gasteiger charge is 2.20. The second kappa shape index (κ2) is 19.9. The number of para-hydroxylation sites is 2. The second-order valence-electron chi connectivity index (χ2n) is 16.2. The molecule has 0 spiro atoms. The Morgan fingerprint density at radius 3 is 1.69 bits per heavy atom. The van der Waals surface area contributed by atoms with Gasteiger partial charge >= 0.3 is 0 Å². The number of allylic oxidation sites excluding steroid dienone is 2. The van der Waals surface area contributed by atoms with E-state index in [1.807, 2.05) is 51.1 Å². The van der Waals surface area contributed by atoms with E-state index >= 15 is 0 Å². The maximum atomic E-state index is 5.97. The van der Waals surface area contributed by atoms with Gasteiger partial charge in [0.2, 0.25) is 0 Å². The molecule has 0 N–H and O–H groups in total. The van der Waals surface area contributed by atoms with Gasteiger partial charge in [0.05, 0.1) is 12.8 Å². The lowest BCUT2D eigenvalue weighted by molar-refractivity contribution is 0.125. The average molecular weight is 704 g/mol. The fourth-order valence-corrected chi connectivity index (χ4v) is 5.28. The van der Waals surface area contributed by atoms with Crippen molar-refractivity contribution in [2.24, 2.45) is 10.4 Å². The minimum Gasteiger partial charge on any atom is -0.493 e. The molecule has 4 aromatic rings. The number of ether oxygens (including phenoxy) is 3. The molecule has 0 aliphatic carbocycles. The molecule has 0 unspecified atom stereocenters. The predicted octanol–water partition coefficient (Wildman–Crippen LogP) is 13.2. The van der Waals surface area contributed by atoms with Gasteiger partial charge in [0.1, 0.15) is 17.0 Å². The molecular weight excluding hydrogens is 639 g/mol. The molecule has 4 heteroatoms. The SMILES string of the molecule is C=CCc1ccc(OC(C)(C)C)c(OC)c1.C=CCc1cccc(C)c1OC(C)(C)C.Cc1cccc(C)c1N=C(Cc1ccccc1)C(C)(C)C. The van der Waals surface area contributed by atoms with Crippen LogP contribution in [-0.4, -0.2) is 24.0 Å². The zero-order valence-corrected chi connectivity index (χ0v) is 34.4. The Morgan fingerprint density at radius 2 is 1.17 bits per heavy atom. The first-order valence-corrected chi connectivity index (χ1v) is 18.3. The minimum absolute atomic E-state index is 0.0601. The van der Waals surface area contributed by atoms with Crippen LogP contribution in [0.1, 0.15) is 95.7 Å². The number of benzene rings is 4. The molecular formula is C48H65NO3. The quantitative estimate of drug-likeness (QED) is 0.122. The van der Waals surface area contributed by atoms with Crippen LogP contribution in [0.2, 0.25) is 0 Å². The van der Waals surface area contributed by atoms with Crippen molar-refractivity contribution in [1.82, 2.24) is 0 Å². The molecule has 0 heterocycles. The van der Waals surface area contributed by atoms with Gasteiger partial charge in [-0.05, 0) is 121 Å². The summed E-state index contributed by atoms with van der Waals surface area (Å²) in [6.07, 6.45) is 6.38. The summed E-state index contributed by atoms with van der Waals surface area (Å²) < 4.78 is 17.1. The molecule has 0 amide bonds. The third-order valence-electron chi connectivity index (χ3n) is 7.86. The van der Waals surface area contributed by atoms with E-state index in [1.54, 1.807) is 7.11 Å². The van der Waals surface area contributed by atoms with Crippen LogP contribution in [0.4, 0.5) is 5.69 Å². The lowest BCUT2D eigenvalue weighted by atomic mass is 9.86. The number of hydrogen-bond donors (Lipinski definition) is 0. The largest absolute Gasteiger partial charge is 0.493 e. The zero-order chi connectivity index (χ0) is 39.1. The summed E-state index contributed by atoms with van der Waals surface area (Å²) in [7, 11) is 1.66. The normalized spacial score (nSPS) is 11.7. The first-order chi connectivity index (χ1) is 24.3. The first-order valence-electron chi connectivity index (χ1n) is 18.3. The van der Waals surface area contributed by atoms with Gasteiger partial charge in [-0.1, -0.05) is 106 Å². The van der Waals surface area contributed by atoms with E-state index in [2.05, 4.69) is 142 Å². The van der Waals surface area contributed by atoms with Crippen LogP contribution in [0.5, 0.6) is 17.2 Å². The number of nitrogens with zero attached hydrogens (tertiary/aromatic N) is 1. The van der Waals surface area contributed by atoms with E-state index < -0.39 is 0 Å². The smallest absolute Gasteiger partial charge is 0.161 e. The number of aliphatic imine (C=N–C) groups is 1. The first kappa shape index (κ1) is 43.6. The van der Waals surface area contributed by atoms with Gasteiger partial charge in [-0.15, -0.1) is 13.2 Å². The van der Waals surface area contributed by atoms with Crippen LogP contribution < -0.4 is 14.2 Å². The molecule has 0 fully saturated rings. The Labute approximate surface area is 316 Å². The zero-order valence-electron chi connectivity index (χ0n) is 34.4. The monoisotopic (exact) mass is 703 g/mol. The standard InChI is InChI=1S/C20H25N.C14H20O2.C14H20O/c1-15-10-9-11-16(2)19(15)21-18(20(3,4)5)14-17-12-7-6-8-13-17;1-6-7-11-8-9-12(13(10-11)15-5)16-14(2,3)4;1-6-8-12-10-7-9-11(2)13(12)15-14(3,4)5/h6-13H,14H2,1-5H3;6,8-10H,1,7H2,2-5H3;6-7,9-10H,1,8H2,2-5H3. The van der Waals surface area contributed by atoms with Gasteiger partial charge in [-0.2, -0.15) is 0 Å². The Kier molecular flexibility index (Phi) is 16.7. The summed E-state index contributed by atoms with van der Waals surface area (Å²) in [6.45, 7) is 32.8. The highest BCUT2D eigenvalue weighted by Crippen LogP contribution is 2.32. The van der Waals surface area contributed by atoms with Gasteiger partial charge in [0, 0.05) is 17.5 Å². The van der Waals surface area contributed by atoms with E-state index in [0.29, 0.717) is 0 Å². The lowest BCUT2D eigenvalue weighted by Gasteiger charge is -2.24. The number of aryl methyl sites for hydroxylation is 3. The van der Waals surface area contributed by atoms with E-state index in [4.69, 9.17) is 19.2 Å². The van der Waals surface area contributed by atoms with E-state index in [1.165, 1.54) is 39.1 Å². The van der Waals surface area contributed by atoms with Crippen LogP contribution in [0, 0.1) is 26.2 Å². The fourth-order valence-electron chi connectivity index (χ4n) is 5.28. The van der Waals surface area contributed by atoms with Gasteiger partial charge in [-0.3, -0.25) is 4.99 Å². The molecule has 0 saturated heterocycles. The van der Waals surface area contributed by atoms with Gasteiger partial charge < -0.3 is 14.2 Å². The summed E-state index contributed by atoms with van der Waals surface area (Å²) in [6, 6.07) is 29.1. The molecule has 4 aromatic carbocycles. The number of hydrogen-bond acceptors (Lipinski definition) is 4. The van der Waals surface area contributed by atoms with Crippen LogP contribution >= 0.6 is 0 Å². The van der Waals surface area contributed by atoms with E-state index in [0.717, 1.165) is 42.2 Å². The van der Waals surface area contributed by atoms with Gasteiger partial charge in [0.15, 0.2) is 11.5 Å². The summed E-state index contributed by atoms with van der Waals surface area (Å²) in [5.74, 6) is 2.56. The number of rotatable bonds is 10. The van der Waals surface area contributed by atoms with Crippen molar-refractivity contribution in [1.29, 1.82) is 0 Å². The molecule has 0 saturated carbocycles. The Morgan fingerprint density at radius 1 is 0.615 bits per heavy atom. The highest BCUT2D eigenvalue weighted by atomic mass is 16.5. The van der Waals surface area contributed by atoms with Crippen molar-refractivity contribution in [2.75, 3.05) is 7.11 Å². The lowest BCUT2D eigenvalue weighted by Crippen LogP contribution is -2.24. The minimum atomic E-state index is -0.215. The number of methoxy groups -OCH3 is 1. The van der Waals surface area contributed by atoms with Crippen LogP contribution in [0.15, 0.2) is 115 Å². The van der Waals surface area contributed by atoms with Crippen molar-refractivity contribution in [3.8, 4) is 17.2 Å². The summed E-state index contributed by atoms with van der Waals surface area (Å²) >= 11 is 0. The van der Waals surface area contributed by atoms with Gasteiger partial charge in [-0.25, -0.2) is 0 Å². The fraction of sp³-hybridized carbons (Fsp3) is 0.396. The van der Waals surface area contributed by atoms with E-state index in [9.17, 15) is 0 Å². The maximum absolute atomic E-state index is 5.97. The molecule has 52 heavy (non-hydrogen) atoms. The summed E-state index contributed by atoms with van der Waals surface area (Å²) in [4.78, 5) is 5.04. The van der Waals surface area contributed by atoms with Crippen molar-refractivity contribution in [3.63, 3.8) is 0 Å². The Bertz CT molecular complexity index is 1730. The highest BCUT2D eigenvalue weighted by molar-refractivity contribution is 5.93. The van der Waals surface area contributed by atoms with Crippen LogP contribution in [0.3, 0.4) is 0 Å². The third-order valence-corrected chi connectivity index (χ3v) is 7.86. The molecule has 4 nitrogen and oxygen atoms in total. The molecule has 4 rings (SSSR count). The van der Waals surface area contributed by atoms with Crippen LogP contribution in [-0.2, 0) is 19.3 Å². The topological polar surface area (TPSA) is 40.0 Å². The average Bonchev–Trinajstić information content (AvgIpc) is 3.04.